The lowest BCUT2D eigenvalue weighted by atomic mass is 10.1. The van der Waals surface area contributed by atoms with Gasteiger partial charge in [-0.15, -0.1) is 0 Å². The Hall–Kier alpha value is -2.01. The van der Waals surface area contributed by atoms with Crippen molar-refractivity contribution in [2.24, 2.45) is 0 Å². The zero-order chi connectivity index (χ0) is 15.9. The Morgan fingerprint density at radius 2 is 1.43 bits per heavy atom. The minimum Gasteiger partial charge on any atom is -0.508 e. The maximum absolute atomic E-state index is 12.7. The van der Waals surface area contributed by atoms with Gasteiger partial charge in [-0.1, -0.05) is 0 Å². The second-order valence-electron chi connectivity index (χ2n) is 5.22. The first kappa shape index (κ1) is 15.4. The lowest BCUT2D eigenvalue weighted by Gasteiger charge is -2.13. The zero-order valence-corrected chi connectivity index (χ0v) is 13.2. The minimum atomic E-state index is -3.74. The van der Waals surface area contributed by atoms with E-state index in [4.69, 9.17) is 0 Å². The van der Waals surface area contributed by atoms with Crippen LogP contribution >= 0.6 is 0 Å². The predicted octanol–water partition coefficient (Wildman–Crippen LogP) is 3.16. The minimum absolute atomic E-state index is 0.0401. The van der Waals surface area contributed by atoms with Crippen molar-refractivity contribution in [1.82, 2.24) is 0 Å². The summed E-state index contributed by atoms with van der Waals surface area (Å²) < 4.78 is 25.5. The van der Waals surface area contributed by atoms with Gasteiger partial charge in [-0.05, 0) is 74.2 Å². The second kappa shape index (κ2) is 5.07. The van der Waals surface area contributed by atoms with Crippen molar-refractivity contribution in [3.63, 3.8) is 0 Å². The van der Waals surface area contributed by atoms with Crippen LogP contribution < -0.4 is 0 Å². The maximum atomic E-state index is 12.7. The number of sulfone groups is 1. The summed E-state index contributed by atoms with van der Waals surface area (Å²) in [5.74, 6) is 0.0242. The number of hydrogen-bond acceptors (Lipinski definition) is 4. The van der Waals surface area contributed by atoms with E-state index in [1.807, 2.05) is 0 Å². The molecule has 2 rings (SSSR count). The third kappa shape index (κ3) is 2.49. The standard InChI is InChI=1S/C16H18O4S/c1-9-7-13(8-15(18)10(9)2)21(19,20)16-6-5-14(17)11(3)12(16)4/h5-8,17-18H,1-4H3. The van der Waals surface area contributed by atoms with Crippen molar-refractivity contribution in [3.8, 4) is 11.5 Å². The van der Waals surface area contributed by atoms with Gasteiger partial charge >= 0.3 is 0 Å². The fourth-order valence-corrected chi connectivity index (χ4v) is 3.82. The van der Waals surface area contributed by atoms with E-state index in [9.17, 15) is 18.6 Å². The second-order valence-corrected chi connectivity index (χ2v) is 7.14. The summed E-state index contributed by atoms with van der Waals surface area (Å²) in [5.41, 5.74) is 2.41. The van der Waals surface area contributed by atoms with Crippen molar-refractivity contribution in [1.29, 1.82) is 0 Å². The van der Waals surface area contributed by atoms with E-state index in [0.717, 1.165) is 0 Å². The molecule has 0 atom stereocenters. The fraction of sp³-hybridized carbons (Fsp3) is 0.250. The number of benzene rings is 2. The van der Waals surface area contributed by atoms with Crippen LogP contribution in [0.2, 0.25) is 0 Å². The molecule has 0 saturated heterocycles. The van der Waals surface area contributed by atoms with Gasteiger partial charge in [-0.25, -0.2) is 8.42 Å². The Bertz CT molecular complexity index is 797. The van der Waals surface area contributed by atoms with E-state index in [0.29, 0.717) is 22.3 Å². The molecule has 0 bridgehead atoms. The van der Waals surface area contributed by atoms with Gasteiger partial charge in [0, 0.05) is 0 Å². The van der Waals surface area contributed by atoms with Crippen molar-refractivity contribution >= 4 is 9.84 Å². The predicted molar refractivity (Wildman–Crippen MR) is 80.6 cm³/mol. The van der Waals surface area contributed by atoms with Gasteiger partial charge in [0.1, 0.15) is 11.5 Å². The Kier molecular flexibility index (Phi) is 3.72. The molecule has 0 aliphatic heterocycles. The average Bonchev–Trinajstić information content (AvgIpc) is 2.41. The molecule has 0 amide bonds. The number of rotatable bonds is 2. The SMILES string of the molecule is Cc1cc(S(=O)(=O)c2ccc(O)c(C)c2C)cc(O)c1C. The quantitative estimate of drug-likeness (QED) is 0.893. The van der Waals surface area contributed by atoms with Crippen LogP contribution in [0.25, 0.3) is 0 Å². The molecule has 0 aromatic heterocycles. The molecule has 2 aromatic rings. The summed E-state index contributed by atoms with van der Waals surface area (Å²) in [5, 5.41) is 19.5. The first-order valence-corrected chi connectivity index (χ1v) is 7.99. The van der Waals surface area contributed by atoms with Crippen molar-refractivity contribution in [3.05, 3.63) is 46.5 Å². The lowest BCUT2D eigenvalue weighted by Crippen LogP contribution is -2.06. The molecule has 0 aliphatic carbocycles. The summed E-state index contributed by atoms with van der Waals surface area (Å²) in [6.45, 7) is 6.81. The number of phenols is 2. The van der Waals surface area contributed by atoms with Gasteiger partial charge in [0.15, 0.2) is 0 Å². The van der Waals surface area contributed by atoms with Gasteiger partial charge in [0.25, 0.3) is 0 Å². The number of aryl methyl sites for hydroxylation is 1. The molecule has 0 aliphatic rings. The van der Waals surface area contributed by atoms with E-state index >= 15 is 0 Å². The first-order valence-electron chi connectivity index (χ1n) is 6.50. The molecule has 112 valence electrons. The normalized spacial score (nSPS) is 11.6. The molecule has 0 radical (unpaired) electrons. The van der Waals surface area contributed by atoms with Crippen LogP contribution in [-0.2, 0) is 9.84 Å². The van der Waals surface area contributed by atoms with Crippen LogP contribution in [0.15, 0.2) is 34.1 Å². The third-order valence-electron chi connectivity index (χ3n) is 3.92. The zero-order valence-electron chi connectivity index (χ0n) is 12.4. The van der Waals surface area contributed by atoms with Crippen LogP contribution in [-0.4, -0.2) is 18.6 Å². The van der Waals surface area contributed by atoms with Crippen molar-refractivity contribution in [2.45, 2.75) is 37.5 Å². The smallest absolute Gasteiger partial charge is 0.207 e. The summed E-state index contributed by atoms with van der Waals surface area (Å²) >= 11 is 0. The van der Waals surface area contributed by atoms with E-state index in [1.54, 1.807) is 33.8 Å². The molecule has 0 heterocycles. The monoisotopic (exact) mass is 306 g/mol. The highest BCUT2D eigenvalue weighted by Crippen LogP contribution is 2.32. The van der Waals surface area contributed by atoms with Gasteiger partial charge in [0.05, 0.1) is 9.79 Å². The van der Waals surface area contributed by atoms with Crippen LogP contribution in [0.1, 0.15) is 22.3 Å². The molecule has 4 nitrogen and oxygen atoms in total. The molecule has 0 saturated carbocycles. The number of hydrogen-bond donors (Lipinski definition) is 2. The van der Waals surface area contributed by atoms with Gasteiger partial charge in [-0.2, -0.15) is 0 Å². The number of phenolic OH excluding ortho intramolecular Hbond substituents is 2. The molecule has 21 heavy (non-hydrogen) atoms. The molecular weight excluding hydrogens is 288 g/mol. The average molecular weight is 306 g/mol. The topological polar surface area (TPSA) is 74.6 Å². The highest BCUT2D eigenvalue weighted by Gasteiger charge is 2.23. The summed E-state index contributed by atoms with van der Waals surface area (Å²) in [4.78, 5) is 0.191. The molecule has 0 spiro atoms. The Morgan fingerprint density at radius 1 is 0.810 bits per heavy atom. The van der Waals surface area contributed by atoms with Gasteiger partial charge < -0.3 is 10.2 Å². The maximum Gasteiger partial charge on any atom is 0.207 e. The van der Waals surface area contributed by atoms with Gasteiger partial charge in [0.2, 0.25) is 9.84 Å². The fourth-order valence-electron chi connectivity index (χ4n) is 2.16. The van der Waals surface area contributed by atoms with Crippen molar-refractivity contribution in [2.75, 3.05) is 0 Å². The molecule has 2 N–H and O–H groups in total. The van der Waals surface area contributed by atoms with E-state index in [-0.39, 0.29) is 21.3 Å². The third-order valence-corrected chi connectivity index (χ3v) is 5.80. The van der Waals surface area contributed by atoms with Crippen LogP contribution in [0.5, 0.6) is 11.5 Å². The molecule has 2 aromatic carbocycles. The Balaban J connectivity index is 2.72. The highest BCUT2D eigenvalue weighted by molar-refractivity contribution is 7.91. The van der Waals surface area contributed by atoms with E-state index < -0.39 is 9.84 Å². The summed E-state index contributed by atoms with van der Waals surface area (Å²) in [6.07, 6.45) is 0. The highest BCUT2D eigenvalue weighted by atomic mass is 32.2. The summed E-state index contributed by atoms with van der Waals surface area (Å²) in [7, 11) is -3.74. The van der Waals surface area contributed by atoms with E-state index in [2.05, 4.69) is 0 Å². The van der Waals surface area contributed by atoms with Gasteiger partial charge in [-0.3, -0.25) is 0 Å². The van der Waals surface area contributed by atoms with E-state index in [1.165, 1.54) is 18.2 Å². The lowest BCUT2D eigenvalue weighted by molar-refractivity contribution is 0.467. The first-order chi connectivity index (χ1) is 9.66. The largest absolute Gasteiger partial charge is 0.508 e. The van der Waals surface area contributed by atoms with Crippen LogP contribution in [0.4, 0.5) is 0 Å². The van der Waals surface area contributed by atoms with Crippen LogP contribution in [0.3, 0.4) is 0 Å². The van der Waals surface area contributed by atoms with Crippen LogP contribution in [0, 0.1) is 27.7 Å². The Morgan fingerprint density at radius 3 is 2.00 bits per heavy atom. The molecule has 0 fully saturated rings. The molecule has 5 heteroatoms. The molecule has 0 unspecified atom stereocenters. The Labute approximate surface area is 124 Å². The number of aromatic hydroxyl groups is 2. The summed E-state index contributed by atoms with van der Waals surface area (Å²) in [6, 6.07) is 5.57. The van der Waals surface area contributed by atoms with Crippen molar-refractivity contribution < 1.29 is 18.6 Å². The molecular formula is C16H18O4S.